The van der Waals surface area contributed by atoms with Crippen LogP contribution in [0.4, 0.5) is 0 Å². The summed E-state index contributed by atoms with van der Waals surface area (Å²) in [7, 11) is 3.17. The highest BCUT2D eigenvalue weighted by molar-refractivity contribution is 6.35. The van der Waals surface area contributed by atoms with E-state index in [1.165, 1.54) is 18.4 Å². The highest BCUT2D eigenvalue weighted by atomic mass is 35.5. The lowest BCUT2D eigenvalue weighted by molar-refractivity contribution is 0.350. The van der Waals surface area contributed by atoms with Gasteiger partial charge in [-0.1, -0.05) is 66.2 Å². The Morgan fingerprint density at radius 3 is 2.40 bits per heavy atom. The largest absolute Gasteiger partial charge is 0.481 e. The molecule has 3 aromatic rings. The van der Waals surface area contributed by atoms with E-state index < -0.39 is 0 Å². The molecule has 2 aromatic carbocycles. The first kappa shape index (κ1) is 20.4. The maximum absolute atomic E-state index is 6.96. The summed E-state index contributed by atoms with van der Waals surface area (Å²) in [4.78, 5) is 9.12. The molecule has 0 saturated heterocycles. The zero-order chi connectivity index (χ0) is 20.9. The predicted octanol–water partition coefficient (Wildman–Crippen LogP) is 6.36. The molecule has 5 heteroatoms. The first-order chi connectivity index (χ1) is 14.7. The molecule has 1 aliphatic rings. The summed E-state index contributed by atoms with van der Waals surface area (Å²) in [5, 5.41) is 0.711. The second-order valence-corrected chi connectivity index (χ2v) is 7.73. The molecule has 4 nitrogen and oxygen atoms in total. The monoisotopic (exact) mass is 420 g/mol. The molecule has 0 fully saturated rings. The molecule has 1 heterocycles. The molecule has 0 saturated carbocycles. The van der Waals surface area contributed by atoms with Crippen molar-refractivity contribution in [3.63, 3.8) is 0 Å². The van der Waals surface area contributed by atoms with E-state index in [1.807, 2.05) is 30.3 Å². The van der Waals surface area contributed by atoms with Gasteiger partial charge >= 0.3 is 6.01 Å². The molecule has 1 aliphatic carbocycles. The van der Waals surface area contributed by atoms with Crippen molar-refractivity contribution in [2.75, 3.05) is 14.2 Å². The highest BCUT2D eigenvalue weighted by Gasteiger charge is 2.21. The molecule has 4 rings (SSSR count). The molecule has 0 amide bonds. The van der Waals surface area contributed by atoms with Gasteiger partial charge in [-0.25, -0.2) is 0 Å². The second-order valence-electron chi connectivity index (χ2n) is 7.35. The van der Waals surface area contributed by atoms with Gasteiger partial charge in [0.05, 0.1) is 24.9 Å². The van der Waals surface area contributed by atoms with Crippen LogP contribution in [-0.4, -0.2) is 24.2 Å². The molecule has 1 aromatic heterocycles. The minimum atomic E-state index is 0.261. The van der Waals surface area contributed by atoms with Crippen LogP contribution in [0.2, 0.25) is 5.02 Å². The quantitative estimate of drug-likeness (QED) is 0.465. The van der Waals surface area contributed by atoms with Gasteiger partial charge in [0.15, 0.2) is 0 Å². The smallest absolute Gasteiger partial charge is 0.320 e. The Hall–Kier alpha value is -2.85. The molecular formula is C25H25ClN2O2. The molecular weight excluding hydrogens is 396 g/mol. The van der Waals surface area contributed by atoms with E-state index in [9.17, 15) is 0 Å². The van der Waals surface area contributed by atoms with Crippen molar-refractivity contribution in [3.8, 4) is 23.1 Å². The Morgan fingerprint density at radius 1 is 0.900 bits per heavy atom. The van der Waals surface area contributed by atoms with Crippen molar-refractivity contribution < 1.29 is 9.47 Å². The van der Waals surface area contributed by atoms with Gasteiger partial charge in [-0.3, -0.25) is 0 Å². The number of benzene rings is 2. The number of halogens is 1. The van der Waals surface area contributed by atoms with Crippen LogP contribution in [0, 0.1) is 0 Å². The van der Waals surface area contributed by atoms with Gasteiger partial charge in [-0.15, -0.1) is 0 Å². The first-order valence-corrected chi connectivity index (χ1v) is 10.6. The first-order valence-electron chi connectivity index (χ1n) is 10.2. The van der Waals surface area contributed by atoms with Crippen molar-refractivity contribution in [1.29, 1.82) is 0 Å². The average Bonchev–Trinajstić information content (AvgIpc) is 2.80. The lowest BCUT2D eigenvalue weighted by atomic mass is 9.91. The van der Waals surface area contributed by atoms with E-state index in [0.717, 1.165) is 40.8 Å². The van der Waals surface area contributed by atoms with Gasteiger partial charge in [0.25, 0.3) is 0 Å². The number of hydrogen-bond donors (Lipinski definition) is 0. The van der Waals surface area contributed by atoms with Crippen LogP contribution in [-0.2, 0) is 6.42 Å². The molecule has 0 spiro atoms. The lowest BCUT2D eigenvalue weighted by Crippen LogP contribution is -2.05. The SMILES string of the molecule is COc1nc(OC)c(Cc2ccccc2)c(-c2cccc(C3=CCCCC3)c2Cl)n1. The van der Waals surface area contributed by atoms with Crippen molar-refractivity contribution in [1.82, 2.24) is 9.97 Å². The number of nitrogens with zero attached hydrogens (tertiary/aromatic N) is 2. The molecule has 154 valence electrons. The third-order valence-electron chi connectivity index (χ3n) is 5.44. The molecule has 0 atom stereocenters. The minimum Gasteiger partial charge on any atom is -0.481 e. The zero-order valence-electron chi connectivity index (χ0n) is 17.3. The average molecular weight is 421 g/mol. The molecule has 0 radical (unpaired) electrons. The van der Waals surface area contributed by atoms with Crippen molar-refractivity contribution in [2.45, 2.75) is 32.1 Å². The Morgan fingerprint density at radius 2 is 1.70 bits per heavy atom. The fourth-order valence-electron chi connectivity index (χ4n) is 3.93. The van der Waals surface area contributed by atoms with E-state index in [0.29, 0.717) is 17.3 Å². The van der Waals surface area contributed by atoms with Gasteiger partial charge in [-0.2, -0.15) is 9.97 Å². The summed E-state index contributed by atoms with van der Waals surface area (Å²) in [6.07, 6.45) is 7.52. The summed E-state index contributed by atoms with van der Waals surface area (Å²) in [6.45, 7) is 0. The standard InChI is InChI=1S/C25H25ClN2O2/c1-29-24-21(16-17-10-5-3-6-11-17)23(27-25(28-24)30-2)20-15-9-14-19(22(20)26)18-12-7-4-8-13-18/h3,5-6,9-12,14-15H,4,7-8,13,16H2,1-2H3. The Kier molecular flexibility index (Phi) is 6.34. The highest BCUT2D eigenvalue weighted by Crippen LogP contribution is 2.40. The fourth-order valence-corrected chi connectivity index (χ4v) is 4.27. The second kappa shape index (κ2) is 9.31. The number of aromatic nitrogens is 2. The van der Waals surface area contributed by atoms with Crippen molar-refractivity contribution >= 4 is 17.2 Å². The number of methoxy groups -OCH3 is 2. The third kappa shape index (κ3) is 4.19. The predicted molar refractivity (Wildman–Crippen MR) is 121 cm³/mol. The molecule has 0 N–H and O–H groups in total. The number of hydrogen-bond acceptors (Lipinski definition) is 4. The van der Waals surface area contributed by atoms with Crippen LogP contribution >= 0.6 is 11.6 Å². The van der Waals surface area contributed by atoms with Crippen LogP contribution in [0.3, 0.4) is 0 Å². The Labute approximate surface area is 182 Å². The van der Waals surface area contributed by atoms with Gasteiger partial charge in [-0.05, 0) is 42.4 Å². The third-order valence-corrected chi connectivity index (χ3v) is 5.85. The molecule has 30 heavy (non-hydrogen) atoms. The van der Waals surface area contributed by atoms with Gasteiger partial charge in [0.2, 0.25) is 5.88 Å². The Balaban J connectivity index is 1.88. The minimum absolute atomic E-state index is 0.261. The number of ether oxygens (including phenoxy) is 2. The maximum atomic E-state index is 6.96. The summed E-state index contributed by atoms with van der Waals surface area (Å²) in [5.74, 6) is 0.499. The molecule has 0 unspecified atom stereocenters. The fraction of sp³-hybridized carbons (Fsp3) is 0.280. The van der Waals surface area contributed by atoms with E-state index in [-0.39, 0.29) is 6.01 Å². The molecule has 0 bridgehead atoms. The topological polar surface area (TPSA) is 44.2 Å². The van der Waals surface area contributed by atoms with Crippen molar-refractivity contribution in [3.05, 3.63) is 76.3 Å². The van der Waals surface area contributed by atoms with Crippen molar-refractivity contribution in [2.24, 2.45) is 0 Å². The van der Waals surface area contributed by atoms with Gasteiger partial charge in [0.1, 0.15) is 0 Å². The molecule has 0 aliphatic heterocycles. The maximum Gasteiger partial charge on any atom is 0.320 e. The van der Waals surface area contributed by atoms with Crippen LogP contribution in [0.1, 0.15) is 42.4 Å². The van der Waals surface area contributed by atoms with E-state index in [2.05, 4.69) is 29.3 Å². The Bertz CT molecular complexity index is 1060. The summed E-state index contributed by atoms with van der Waals surface area (Å²) in [6, 6.07) is 16.6. The number of rotatable bonds is 6. The normalized spacial score (nSPS) is 13.6. The summed E-state index contributed by atoms with van der Waals surface area (Å²) >= 11 is 6.96. The van der Waals surface area contributed by atoms with Gasteiger partial charge < -0.3 is 9.47 Å². The van der Waals surface area contributed by atoms with E-state index in [4.69, 9.17) is 26.1 Å². The van der Waals surface area contributed by atoms with Crippen LogP contribution in [0.5, 0.6) is 11.9 Å². The summed E-state index contributed by atoms with van der Waals surface area (Å²) in [5.41, 5.74) is 6.03. The number of allylic oxidation sites excluding steroid dienone is 2. The lowest BCUT2D eigenvalue weighted by Gasteiger charge is -2.18. The summed E-state index contributed by atoms with van der Waals surface area (Å²) < 4.78 is 11.0. The zero-order valence-corrected chi connectivity index (χ0v) is 18.1. The van der Waals surface area contributed by atoms with E-state index >= 15 is 0 Å². The van der Waals surface area contributed by atoms with Crippen LogP contribution in [0.25, 0.3) is 16.8 Å². The van der Waals surface area contributed by atoms with Crippen LogP contribution < -0.4 is 9.47 Å². The van der Waals surface area contributed by atoms with E-state index in [1.54, 1.807) is 14.2 Å². The van der Waals surface area contributed by atoms with Crippen LogP contribution in [0.15, 0.2) is 54.6 Å². The van der Waals surface area contributed by atoms with Gasteiger partial charge in [0, 0.05) is 17.5 Å².